The minimum absolute atomic E-state index is 0.314. The monoisotopic (exact) mass is 272 g/mol. The number of esters is 1. The first-order valence-electron chi connectivity index (χ1n) is 4.63. The molecule has 4 heteroatoms. The van der Waals surface area contributed by atoms with Gasteiger partial charge in [0, 0.05) is 10.9 Å². The van der Waals surface area contributed by atoms with E-state index in [2.05, 4.69) is 15.9 Å². The summed E-state index contributed by atoms with van der Waals surface area (Å²) in [6.45, 7) is 2.16. The van der Waals surface area contributed by atoms with E-state index in [4.69, 9.17) is 9.47 Å². The van der Waals surface area contributed by atoms with Gasteiger partial charge in [0.2, 0.25) is 0 Å². The summed E-state index contributed by atoms with van der Waals surface area (Å²) in [6, 6.07) is 5.33. The lowest BCUT2D eigenvalue weighted by molar-refractivity contribution is 0.0525. The number of carbonyl (C=O) groups excluding carboxylic acids is 1. The van der Waals surface area contributed by atoms with Gasteiger partial charge in [-0.2, -0.15) is 0 Å². The Morgan fingerprint density at radius 2 is 2.20 bits per heavy atom. The summed E-state index contributed by atoms with van der Waals surface area (Å²) in [4.78, 5) is 11.6. The molecule has 0 fully saturated rings. The second-order valence-electron chi connectivity index (χ2n) is 2.84. The van der Waals surface area contributed by atoms with Crippen LogP contribution in [0.25, 0.3) is 0 Å². The molecule has 0 aromatic heterocycles. The lowest BCUT2D eigenvalue weighted by Crippen LogP contribution is -2.08. The lowest BCUT2D eigenvalue weighted by atomic mass is 10.1. The van der Waals surface area contributed by atoms with Gasteiger partial charge in [-0.15, -0.1) is 0 Å². The van der Waals surface area contributed by atoms with Gasteiger partial charge in [0.1, 0.15) is 5.75 Å². The fraction of sp³-hybridized carbons (Fsp3) is 0.364. The first-order valence-corrected chi connectivity index (χ1v) is 5.75. The molecule has 1 aromatic carbocycles. The minimum Gasteiger partial charge on any atom is -0.496 e. The number of ether oxygens (including phenoxy) is 2. The van der Waals surface area contributed by atoms with Crippen molar-refractivity contribution in [1.29, 1.82) is 0 Å². The molecule has 0 saturated carbocycles. The average Bonchev–Trinajstić information content (AvgIpc) is 2.28. The van der Waals surface area contributed by atoms with Crippen LogP contribution >= 0.6 is 15.9 Å². The summed E-state index contributed by atoms with van der Waals surface area (Å²) in [5.74, 6) is 0.378. The van der Waals surface area contributed by atoms with Gasteiger partial charge in [-0.3, -0.25) is 0 Å². The average molecular weight is 273 g/mol. The predicted molar refractivity (Wildman–Crippen MR) is 61.6 cm³/mol. The topological polar surface area (TPSA) is 35.5 Å². The van der Waals surface area contributed by atoms with Gasteiger partial charge >= 0.3 is 5.97 Å². The minimum atomic E-state index is -0.314. The van der Waals surface area contributed by atoms with Crippen LogP contribution in [0.5, 0.6) is 5.75 Å². The molecule has 0 radical (unpaired) electrons. The third kappa shape index (κ3) is 2.72. The maximum absolute atomic E-state index is 11.6. The zero-order valence-electron chi connectivity index (χ0n) is 8.75. The van der Waals surface area contributed by atoms with Crippen LogP contribution in [0.15, 0.2) is 18.2 Å². The van der Waals surface area contributed by atoms with Crippen molar-refractivity contribution in [3.63, 3.8) is 0 Å². The molecule has 0 spiro atoms. The van der Waals surface area contributed by atoms with Crippen molar-refractivity contribution in [2.24, 2.45) is 0 Å². The standard InChI is InChI=1S/C11H13BrO3/c1-3-15-11(13)8-5-4-6-10(14-2)9(8)7-12/h4-6H,3,7H2,1-2H3. The molecule has 3 nitrogen and oxygen atoms in total. The Kier molecular flexibility index (Phi) is 4.62. The molecule has 15 heavy (non-hydrogen) atoms. The second kappa shape index (κ2) is 5.75. The van der Waals surface area contributed by atoms with E-state index in [9.17, 15) is 4.79 Å². The first-order chi connectivity index (χ1) is 7.24. The van der Waals surface area contributed by atoms with Crippen LogP contribution in [-0.2, 0) is 10.1 Å². The number of hydrogen-bond donors (Lipinski definition) is 0. The van der Waals surface area contributed by atoms with Gasteiger partial charge in [-0.05, 0) is 19.1 Å². The van der Waals surface area contributed by atoms with Crippen LogP contribution < -0.4 is 4.74 Å². The molecule has 0 atom stereocenters. The van der Waals surface area contributed by atoms with E-state index in [1.165, 1.54) is 0 Å². The molecule has 0 saturated heterocycles. The van der Waals surface area contributed by atoms with E-state index in [1.807, 2.05) is 6.07 Å². The number of benzene rings is 1. The Morgan fingerprint density at radius 3 is 2.73 bits per heavy atom. The zero-order chi connectivity index (χ0) is 11.3. The number of hydrogen-bond acceptors (Lipinski definition) is 3. The summed E-state index contributed by atoms with van der Waals surface area (Å²) in [5.41, 5.74) is 1.37. The molecule has 0 aliphatic heterocycles. The summed E-state index contributed by atoms with van der Waals surface area (Å²) >= 11 is 3.33. The lowest BCUT2D eigenvalue weighted by Gasteiger charge is -2.10. The van der Waals surface area contributed by atoms with Gasteiger partial charge in [-0.25, -0.2) is 4.79 Å². The van der Waals surface area contributed by atoms with Crippen molar-refractivity contribution in [2.45, 2.75) is 12.3 Å². The van der Waals surface area contributed by atoms with Gasteiger partial charge in [0.25, 0.3) is 0 Å². The SMILES string of the molecule is CCOC(=O)c1cccc(OC)c1CBr. The Labute approximate surface area is 97.5 Å². The van der Waals surface area contributed by atoms with E-state index >= 15 is 0 Å². The van der Waals surface area contributed by atoms with Crippen LogP contribution in [0.2, 0.25) is 0 Å². The number of carbonyl (C=O) groups is 1. The quantitative estimate of drug-likeness (QED) is 0.625. The van der Waals surface area contributed by atoms with Crippen molar-refractivity contribution in [3.05, 3.63) is 29.3 Å². The molecule has 0 heterocycles. The highest BCUT2D eigenvalue weighted by molar-refractivity contribution is 9.08. The third-order valence-electron chi connectivity index (χ3n) is 1.98. The smallest absolute Gasteiger partial charge is 0.338 e. The zero-order valence-corrected chi connectivity index (χ0v) is 10.3. The number of alkyl halides is 1. The predicted octanol–water partition coefficient (Wildman–Crippen LogP) is 2.77. The summed E-state index contributed by atoms with van der Waals surface area (Å²) in [5, 5.41) is 0.561. The van der Waals surface area contributed by atoms with Crippen LogP contribution in [0, 0.1) is 0 Å². The van der Waals surface area contributed by atoms with Crippen molar-refractivity contribution < 1.29 is 14.3 Å². The highest BCUT2D eigenvalue weighted by Gasteiger charge is 2.14. The van der Waals surface area contributed by atoms with E-state index in [-0.39, 0.29) is 5.97 Å². The Balaban J connectivity index is 3.11. The highest BCUT2D eigenvalue weighted by atomic mass is 79.9. The molecule has 1 aromatic rings. The molecule has 82 valence electrons. The summed E-state index contributed by atoms with van der Waals surface area (Å²) < 4.78 is 10.1. The largest absolute Gasteiger partial charge is 0.496 e. The molecular weight excluding hydrogens is 260 g/mol. The van der Waals surface area contributed by atoms with Crippen LogP contribution in [-0.4, -0.2) is 19.7 Å². The van der Waals surface area contributed by atoms with Gasteiger partial charge < -0.3 is 9.47 Å². The Hall–Kier alpha value is -1.03. The van der Waals surface area contributed by atoms with E-state index in [0.717, 1.165) is 5.56 Å². The molecule has 0 aliphatic carbocycles. The van der Waals surface area contributed by atoms with Gasteiger partial charge in [-0.1, -0.05) is 22.0 Å². The van der Waals surface area contributed by atoms with Crippen LogP contribution in [0.4, 0.5) is 0 Å². The molecule has 0 amide bonds. The van der Waals surface area contributed by atoms with Gasteiger partial charge in [0.05, 0.1) is 19.3 Å². The van der Waals surface area contributed by atoms with E-state index in [0.29, 0.717) is 23.2 Å². The van der Waals surface area contributed by atoms with E-state index in [1.54, 1.807) is 26.2 Å². The molecule has 1 rings (SSSR count). The second-order valence-corrected chi connectivity index (χ2v) is 3.40. The Morgan fingerprint density at radius 1 is 1.47 bits per heavy atom. The van der Waals surface area contributed by atoms with Crippen molar-refractivity contribution in [1.82, 2.24) is 0 Å². The molecule has 0 N–H and O–H groups in total. The van der Waals surface area contributed by atoms with Gasteiger partial charge in [0.15, 0.2) is 0 Å². The molecule has 0 aliphatic rings. The maximum Gasteiger partial charge on any atom is 0.338 e. The number of methoxy groups -OCH3 is 1. The molecular formula is C11H13BrO3. The fourth-order valence-electron chi connectivity index (χ4n) is 1.29. The van der Waals surface area contributed by atoms with Crippen molar-refractivity contribution in [3.8, 4) is 5.75 Å². The molecule has 0 unspecified atom stereocenters. The Bertz CT molecular complexity index is 350. The fourth-order valence-corrected chi connectivity index (χ4v) is 1.87. The number of halogens is 1. The maximum atomic E-state index is 11.6. The van der Waals surface area contributed by atoms with Crippen molar-refractivity contribution >= 4 is 21.9 Å². The third-order valence-corrected chi connectivity index (χ3v) is 2.54. The van der Waals surface area contributed by atoms with Crippen LogP contribution in [0.3, 0.4) is 0 Å². The summed E-state index contributed by atoms with van der Waals surface area (Å²) in [6.07, 6.45) is 0. The normalized spacial score (nSPS) is 9.80. The van der Waals surface area contributed by atoms with Crippen molar-refractivity contribution in [2.75, 3.05) is 13.7 Å². The summed E-state index contributed by atoms with van der Waals surface area (Å²) in [7, 11) is 1.58. The molecule has 0 bridgehead atoms. The van der Waals surface area contributed by atoms with E-state index < -0.39 is 0 Å². The van der Waals surface area contributed by atoms with Crippen LogP contribution in [0.1, 0.15) is 22.8 Å². The number of rotatable bonds is 4. The highest BCUT2D eigenvalue weighted by Crippen LogP contribution is 2.25. The first kappa shape index (κ1) is 12.0.